The van der Waals surface area contributed by atoms with Gasteiger partial charge in [0.05, 0.1) is 18.3 Å². The molecule has 9 nitrogen and oxygen atoms in total. The molecule has 4 heterocycles. The number of nitrogens with zero attached hydrogens (tertiary/aromatic N) is 5. The van der Waals surface area contributed by atoms with Crippen molar-refractivity contribution in [3.8, 4) is 0 Å². The molecule has 2 aliphatic heterocycles. The minimum atomic E-state index is -0.313. The first-order valence-corrected chi connectivity index (χ1v) is 11.0. The van der Waals surface area contributed by atoms with Gasteiger partial charge < -0.3 is 15.1 Å². The highest BCUT2D eigenvalue weighted by Gasteiger charge is 2.49. The topological polar surface area (TPSA) is 97.5 Å². The summed E-state index contributed by atoms with van der Waals surface area (Å²) in [4.78, 5) is 36.6. The molecule has 2 fully saturated rings. The van der Waals surface area contributed by atoms with Crippen LogP contribution in [0, 0.1) is 0 Å². The molecule has 2 atom stereocenters. The lowest BCUT2D eigenvalue weighted by Gasteiger charge is -2.57. The maximum atomic E-state index is 13.6. The number of H-pyrrole nitrogens is 1. The fraction of sp³-hybridized carbons (Fsp3) is 0.545. The lowest BCUT2D eigenvalue weighted by Crippen LogP contribution is -2.68. The molecule has 0 bridgehead atoms. The second kappa shape index (κ2) is 7.33. The SMILES string of the molecule is CC1c2[nH]nc(NC(=O)c3ccccn3)c2CN1C(=O)N1CC2(CCC2)N(C)C[C@@H]1C. The minimum Gasteiger partial charge on any atom is -0.319 e. The van der Waals surface area contributed by atoms with Crippen molar-refractivity contribution < 1.29 is 9.59 Å². The number of pyridine rings is 1. The van der Waals surface area contributed by atoms with E-state index in [1.165, 1.54) is 6.42 Å². The first-order valence-electron chi connectivity index (χ1n) is 11.0. The van der Waals surface area contributed by atoms with Crippen molar-refractivity contribution in [3.63, 3.8) is 0 Å². The smallest absolute Gasteiger partial charge is 0.319 e. The van der Waals surface area contributed by atoms with Gasteiger partial charge >= 0.3 is 6.03 Å². The number of carbonyl (C=O) groups is 2. The Morgan fingerprint density at radius 1 is 1.23 bits per heavy atom. The van der Waals surface area contributed by atoms with Gasteiger partial charge in [-0.2, -0.15) is 5.10 Å². The number of carbonyl (C=O) groups excluding carboxylic acids is 2. The molecule has 1 spiro atoms. The summed E-state index contributed by atoms with van der Waals surface area (Å²) in [7, 11) is 2.18. The van der Waals surface area contributed by atoms with Crippen molar-refractivity contribution >= 4 is 17.8 Å². The van der Waals surface area contributed by atoms with Gasteiger partial charge in [0.2, 0.25) is 0 Å². The molecule has 164 valence electrons. The summed E-state index contributed by atoms with van der Waals surface area (Å²) in [6.45, 7) is 6.23. The zero-order valence-corrected chi connectivity index (χ0v) is 18.3. The first kappa shape index (κ1) is 20.0. The maximum absolute atomic E-state index is 13.6. The number of hydrogen-bond donors (Lipinski definition) is 2. The van der Waals surface area contributed by atoms with Gasteiger partial charge in [0, 0.05) is 36.4 Å². The standard InChI is InChI=1S/C22H29N7O2/c1-14-11-27(3)22(8-6-9-22)13-29(14)21(31)28-12-16-18(15(28)2)25-26-19(16)24-20(30)17-7-4-5-10-23-17/h4-5,7,10,14-15H,6,8-9,11-13H2,1-3H3,(H2,24,25,26,30)/t14-,15?/m0/s1. The summed E-state index contributed by atoms with van der Waals surface area (Å²) >= 11 is 0. The Morgan fingerprint density at radius 3 is 2.71 bits per heavy atom. The van der Waals surface area contributed by atoms with E-state index in [0.29, 0.717) is 18.1 Å². The molecule has 1 unspecified atom stereocenters. The monoisotopic (exact) mass is 423 g/mol. The Balaban J connectivity index is 1.32. The van der Waals surface area contributed by atoms with Gasteiger partial charge in [-0.05, 0) is 52.3 Å². The highest BCUT2D eigenvalue weighted by atomic mass is 16.2. The van der Waals surface area contributed by atoms with E-state index in [2.05, 4.69) is 39.4 Å². The quantitative estimate of drug-likeness (QED) is 0.774. The lowest BCUT2D eigenvalue weighted by molar-refractivity contribution is -0.0492. The summed E-state index contributed by atoms with van der Waals surface area (Å²) in [6.07, 6.45) is 5.12. The van der Waals surface area contributed by atoms with Gasteiger partial charge in [-0.15, -0.1) is 0 Å². The van der Waals surface area contributed by atoms with Crippen molar-refractivity contribution in [2.24, 2.45) is 0 Å². The van der Waals surface area contributed by atoms with Gasteiger partial charge in [-0.25, -0.2) is 4.79 Å². The number of anilines is 1. The van der Waals surface area contributed by atoms with Crippen LogP contribution < -0.4 is 5.32 Å². The van der Waals surface area contributed by atoms with Crippen molar-refractivity contribution in [2.45, 2.75) is 57.3 Å². The zero-order chi connectivity index (χ0) is 21.8. The fourth-order valence-corrected chi connectivity index (χ4v) is 5.18. The number of fused-ring (bicyclic) bond motifs is 1. The highest BCUT2D eigenvalue weighted by Crippen LogP contribution is 2.42. The minimum absolute atomic E-state index is 0.0611. The highest BCUT2D eigenvalue weighted by molar-refractivity contribution is 6.02. The predicted octanol–water partition coefficient (Wildman–Crippen LogP) is 2.61. The average Bonchev–Trinajstić information content (AvgIpc) is 3.27. The van der Waals surface area contributed by atoms with Crippen LogP contribution in [0.4, 0.5) is 10.6 Å². The van der Waals surface area contributed by atoms with Crippen molar-refractivity contribution in [2.75, 3.05) is 25.5 Å². The second-order valence-electron chi connectivity index (χ2n) is 9.16. The van der Waals surface area contributed by atoms with E-state index < -0.39 is 0 Å². The van der Waals surface area contributed by atoms with Crippen LogP contribution >= 0.6 is 0 Å². The van der Waals surface area contributed by atoms with Gasteiger partial charge in [0.1, 0.15) is 5.69 Å². The van der Waals surface area contributed by atoms with E-state index in [0.717, 1.165) is 37.2 Å². The number of likely N-dealkylation sites (N-methyl/N-ethyl adjacent to an activating group) is 1. The van der Waals surface area contributed by atoms with Gasteiger partial charge in [0.15, 0.2) is 5.82 Å². The number of piperazine rings is 1. The Hall–Kier alpha value is -2.94. The largest absolute Gasteiger partial charge is 0.321 e. The van der Waals surface area contributed by atoms with Crippen LogP contribution in [0.15, 0.2) is 24.4 Å². The van der Waals surface area contributed by atoms with E-state index in [9.17, 15) is 9.59 Å². The molecule has 3 amide bonds. The molecule has 0 radical (unpaired) electrons. The summed E-state index contributed by atoms with van der Waals surface area (Å²) < 4.78 is 0. The molecular formula is C22H29N7O2. The number of amides is 3. The molecule has 2 N–H and O–H groups in total. The lowest BCUT2D eigenvalue weighted by atomic mass is 9.73. The second-order valence-corrected chi connectivity index (χ2v) is 9.16. The molecule has 1 saturated carbocycles. The van der Waals surface area contributed by atoms with Crippen LogP contribution in [0.2, 0.25) is 0 Å². The normalized spacial score (nSPS) is 24.7. The van der Waals surface area contributed by atoms with Crippen molar-refractivity contribution in [1.29, 1.82) is 0 Å². The predicted molar refractivity (Wildman–Crippen MR) is 116 cm³/mol. The molecule has 5 rings (SSSR count). The Labute approximate surface area is 181 Å². The van der Waals surface area contributed by atoms with Gasteiger partial charge in [0.25, 0.3) is 5.91 Å². The number of rotatable bonds is 2. The molecule has 1 saturated heterocycles. The summed E-state index contributed by atoms with van der Waals surface area (Å²) in [5, 5.41) is 10.2. The summed E-state index contributed by atoms with van der Waals surface area (Å²) in [5.41, 5.74) is 2.22. The third-order valence-corrected chi connectivity index (χ3v) is 7.36. The van der Waals surface area contributed by atoms with Crippen LogP contribution in [-0.2, 0) is 6.54 Å². The molecular weight excluding hydrogens is 394 g/mol. The van der Waals surface area contributed by atoms with Crippen LogP contribution in [0.25, 0.3) is 0 Å². The zero-order valence-electron chi connectivity index (χ0n) is 18.3. The molecule has 2 aromatic rings. The Morgan fingerprint density at radius 2 is 2.03 bits per heavy atom. The third kappa shape index (κ3) is 3.18. The van der Waals surface area contributed by atoms with Crippen molar-refractivity contribution in [1.82, 2.24) is 29.9 Å². The Kier molecular flexibility index (Phi) is 4.73. The molecule has 0 aromatic carbocycles. The van der Waals surface area contributed by atoms with E-state index >= 15 is 0 Å². The van der Waals surface area contributed by atoms with Gasteiger partial charge in [-0.1, -0.05) is 6.07 Å². The number of urea groups is 1. The molecule has 1 aliphatic carbocycles. The van der Waals surface area contributed by atoms with Crippen LogP contribution in [0.3, 0.4) is 0 Å². The van der Waals surface area contributed by atoms with Gasteiger partial charge in [-0.3, -0.25) is 19.8 Å². The number of aromatic nitrogens is 3. The summed E-state index contributed by atoms with van der Waals surface area (Å²) in [6, 6.07) is 5.29. The fourth-order valence-electron chi connectivity index (χ4n) is 5.18. The third-order valence-electron chi connectivity index (χ3n) is 7.36. The van der Waals surface area contributed by atoms with E-state index in [4.69, 9.17) is 0 Å². The van der Waals surface area contributed by atoms with Crippen LogP contribution in [0.1, 0.15) is 60.9 Å². The average molecular weight is 424 g/mol. The van der Waals surface area contributed by atoms with Crippen LogP contribution in [0.5, 0.6) is 0 Å². The first-order chi connectivity index (χ1) is 14.9. The molecule has 31 heavy (non-hydrogen) atoms. The molecule has 9 heteroatoms. The summed E-state index contributed by atoms with van der Waals surface area (Å²) in [5.74, 6) is 0.154. The van der Waals surface area contributed by atoms with Crippen LogP contribution in [-0.4, -0.2) is 73.5 Å². The number of aromatic amines is 1. The number of nitrogens with one attached hydrogen (secondary N) is 2. The van der Waals surface area contributed by atoms with E-state index in [1.54, 1.807) is 24.4 Å². The molecule has 2 aromatic heterocycles. The Bertz CT molecular complexity index is 1000. The number of hydrogen-bond acceptors (Lipinski definition) is 5. The van der Waals surface area contributed by atoms with E-state index in [1.807, 2.05) is 16.7 Å². The maximum Gasteiger partial charge on any atom is 0.321 e. The molecule has 3 aliphatic rings. The van der Waals surface area contributed by atoms with E-state index in [-0.39, 0.29) is 29.6 Å². The van der Waals surface area contributed by atoms with Crippen molar-refractivity contribution in [3.05, 3.63) is 41.3 Å².